The number of benzene rings is 1. The highest BCUT2D eigenvalue weighted by Gasteiger charge is 2.10. The molecule has 0 aliphatic rings. The molecule has 4 aromatic rings. The van der Waals surface area contributed by atoms with E-state index in [1.165, 1.54) is 11.1 Å². The van der Waals surface area contributed by atoms with E-state index in [1.807, 2.05) is 49.0 Å². The van der Waals surface area contributed by atoms with Gasteiger partial charge in [-0.05, 0) is 43.2 Å². The van der Waals surface area contributed by atoms with Gasteiger partial charge in [-0.1, -0.05) is 30.3 Å². The molecule has 1 N–H and O–H groups in total. The number of hydrogen-bond acceptors (Lipinski definition) is 5. The van der Waals surface area contributed by atoms with Crippen molar-refractivity contribution in [1.82, 2.24) is 24.7 Å². The van der Waals surface area contributed by atoms with Gasteiger partial charge in [0.2, 0.25) is 0 Å². The second kappa shape index (κ2) is 8.00. The molecule has 0 saturated carbocycles. The minimum atomic E-state index is 0.638. The van der Waals surface area contributed by atoms with E-state index in [1.54, 1.807) is 12.4 Å². The molecule has 6 heteroatoms. The van der Waals surface area contributed by atoms with E-state index in [0.29, 0.717) is 12.4 Å². The first-order valence-electron chi connectivity index (χ1n) is 9.25. The fraction of sp³-hybridized carbons (Fsp3) is 0.182. The highest BCUT2D eigenvalue weighted by Crippen LogP contribution is 2.21. The molecule has 0 aliphatic heterocycles. The summed E-state index contributed by atoms with van der Waals surface area (Å²) < 4.78 is 1.92. The van der Waals surface area contributed by atoms with Crippen molar-refractivity contribution in [2.75, 3.05) is 5.32 Å². The smallest absolute Gasteiger partial charge is 0.180 e. The summed E-state index contributed by atoms with van der Waals surface area (Å²) >= 11 is 0. The van der Waals surface area contributed by atoms with Gasteiger partial charge in [-0.3, -0.25) is 9.67 Å². The molecule has 0 unspecified atom stereocenters. The number of hydrogen-bond donors (Lipinski definition) is 1. The van der Waals surface area contributed by atoms with Crippen LogP contribution in [0.1, 0.15) is 22.4 Å². The Morgan fingerprint density at radius 2 is 1.82 bits per heavy atom. The van der Waals surface area contributed by atoms with Crippen molar-refractivity contribution in [3.05, 3.63) is 89.5 Å². The van der Waals surface area contributed by atoms with Crippen LogP contribution >= 0.6 is 0 Å². The maximum absolute atomic E-state index is 4.70. The average molecular weight is 370 g/mol. The Kier molecular flexibility index (Phi) is 5.10. The van der Waals surface area contributed by atoms with Crippen molar-refractivity contribution in [2.45, 2.75) is 26.9 Å². The van der Waals surface area contributed by atoms with Crippen LogP contribution in [0.3, 0.4) is 0 Å². The third-order valence-electron chi connectivity index (χ3n) is 4.64. The Bertz CT molecular complexity index is 1060. The summed E-state index contributed by atoms with van der Waals surface area (Å²) in [5.74, 6) is 1.48. The molecule has 0 bridgehead atoms. The molecule has 0 fully saturated rings. The fourth-order valence-electron chi connectivity index (χ4n) is 3.02. The number of rotatable bonds is 6. The van der Waals surface area contributed by atoms with Gasteiger partial charge in [0.1, 0.15) is 11.5 Å². The summed E-state index contributed by atoms with van der Waals surface area (Å²) in [6.45, 7) is 5.48. The van der Waals surface area contributed by atoms with Crippen LogP contribution in [0.5, 0.6) is 0 Å². The molecular formula is C22H22N6. The van der Waals surface area contributed by atoms with E-state index in [0.717, 1.165) is 29.3 Å². The fourth-order valence-corrected chi connectivity index (χ4v) is 3.02. The molecule has 0 atom stereocenters. The average Bonchev–Trinajstić information content (AvgIpc) is 3.23. The second-order valence-corrected chi connectivity index (χ2v) is 6.70. The summed E-state index contributed by atoms with van der Waals surface area (Å²) in [6, 6.07) is 16.2. The van der Waals surface area contributed by atoms with Gasteiger partial charge in [-0.2, -0.15) is 5.10 Å². The second-order valence-electron chi connectivity index (χ2n) is 6.70. The zero-order valence-electron chi connectivity index (χ0n) is 16.0. The van der Waals surface area contributed by atoms with E-state index < -0.39 is 0 Å². The summed E-state index contributed by atoms with van der Waals surface area (Å²) in [7, 11) is 0. The molecule has 0 spiro atoms. The normalized spacial score (nSPS) is 10.8. The monoisotopic (exact) mass is 370 g/mol. The van der Waals surface area contributed by atoms with Crippen LogP contribution in [-0.4, -0.2) is 24.7 Å². The molecule has 3 aromatic heterocycles. The molecule has 3 heterocycles. The molecular weight excluding hydrogens is 348 g/mol. The Morgan fingerprint density at radius 1 is 0.929 bits per heavy atom. The SMILES string of the molecule is Cc1nc(-c2ccccn2)nc(NCc2cccc(Cn3cccn3)c2)c1C. The summed E-state index contributed by atoms with van der Waals surface area (Å²) in [5.41, 5.74) is 5.18. The summed E-state index contributed by atoms with van der Waals surface area (Å²) in [4.78, 5) is 13.7. The molecule has 1 aromatic carbocycles. The predicted octanol–water partition coefficient (Wildman–Crippen LogP) is 4.01. The summed E-state index contributed by atoms with van der Waals surface area (Å²) in [6.07, 6.45) is 5.52. The van der Waals surface area contributed by atoms with Crippen molar-refractivity contribution in [1.29, 1.82) is 0 Å². The van der Waals surface area contributed by atoms with Crippen LogP contribution in [-0.2, 0) is 13.1 Å². The quantitative estimate of drug-likeness (QED) is 0.555. The van der Waals surface area contributed by atoms with E-state index in [-0.39, 0.29) is 0 Å². The molecule has 28 heavy (non-hydrogen) atoms. The van der Waals surface area contributed by atoms with Crippen molar-refractivity contribution in [3.8, 4) is 11.5 Å². The molecule has 0 radical (unpaired) electrons. The first-order valence-corrected chi connectivity index (χ1v) is 9.25. The lowest BCUT2D eigenvalue weighted by atomic mass is 10.1. The molecule has 0 aliphatic carbocycles. The third-order valence-corrected chi connectivity index (χ3v) is 4.64. The van der Waals surface area contributed by atoms with E-state index in [9.17, 15) is 0 Å². The largest absolute Gasteiger partial charge is 0.366 e. The first kappa shape index (κ1) is 17.9. The number of anilines is 1. The predicted molar refractivity (Wildman–Crippen MR) is 110 cm³/mol. The van der Waals surface area contributed by atoms with Crippen LogP contribution in [0.15, 0.2) is 67.1 Å². The summed E-state index contributed by atoms with van der Waals surface area (Å²) in [5, 5.41) is 7.74. The third kappa shape index (κ3) is 4.06. The Labute approximate surface area is 164 Å². The standard InChI is InChI=1S/C22H22N6/c1-16-17(2)26-22(20-9-3-4-10-23-20)27-21(16)24-14-18-7-5-8-19(13-18)15-28-12-6-11-25-28/h3-13H,14-15H2,1-2H3,(H,24,26,27). The van der Waals surface area contributed by atoms with Gasteiger partial charge in [0.15, 0.2) is 5.82 Å². The van der Waals surface area contributed by atoms with Gasteiger partial charge >= 0.3 is 0 Å². The molecule has 6 nitrogen and oxygen atoms in total. The number of aryl methyl sites for hydroxylation is 1. The zero-order valence-corrected chi connectivity index (χ0v) is 16.0. The van der Waals surface area contributed by atoms with Gasteiger partial charge in [0, 0.05) is 36.4 Å². The van der Waals surface area contributed by atoms with Crippen molar-refractivity contribution < 1.29 is 0 Å². The lowest BCUT2D eigenvalue weighted by molar-refractivity contribution is 0.686. The number of aromatic nitrogens is 5. The number of pyridine rings is 1. The molecule has 140 valence electrons. The van der Waals surface area contributed by atoms with E-state index >= 15 is 0 Å². The highest BCUT2D eigenvalue weighted by molar-refractivity contribution is 5.56. The van der Waals surface area contributed by atoms with Crippen molar-refractivity contribution >= 4 is 5.82 Å². The van der Waals surface area contributed by atoms with Gasteiger partial charge in [-0.25, -0.2) is 9.97 Å². The minimum absolute atomic E-state index is 0.638. The highest BCUT2D eigenvalue weighted by atomic mass is 15.3. The van der Waals surface area contributed by atoms with Gasteiger partial charge < -0.3 is 5.32 Å². The van der Waals surface area contributed by atoms with Crippen LogP contribution in [0.25, 0.3) is 11.5 Å². The van der Waals surface area contributed by atoms with Crippen LogP contribution in [0.2, 0.25) is 0 Å². The maximum Gasteiger partial charge on any atom is 0.180 e. The molecule has 4 rings (SSSR count). The Morgan fingerprint density at radius 3 is 2.61 bits per heavy atom. The van der Waals surface area contributed by atoms with Gasteiger partial charge in [0.05, 0.1) is 6.54 Å². The van der Waals surface area contributed by atoms with Crippen molar-refractivity contribution in [2.24, 2.45) is 0 Å². The molecule has 0 amide bonds. The number of nitrogens with one attached hydrogen (secondary N) is 1. The van der Waals surface area contributed by atoms with Crippen molar-refractivity contribution in [3.63, 3.8) is 0 Å². The first-order chi connectivity index (χ1) is 13.7. The Hall–Kier alpha value is -3.54. The number of nitrogens with zero attached hydrogens (tertiary/aromatic N) is 5. The van der Waals surface area contributed by atoms with Crippen LogP contribution < -0.4 is 5.32 Å². The lowest BCUT2D eigenvalue weighted by Crippen LogP contribution is -2.08. The van der Waals surface area contributed by atoms with Crippen LogP contribution in [0, 0.1) is 13.8 Å². The van der Waals surface area contributed by atoms with E-state index in [2.05, 4.69) is 44.6 Å². The van der Waals surface area contributed by atoms with Gasteiger partial charge in [0.25, 0.3) is 0 Å². The van der Waals surface area contributed by atoms with Gasteiger partial charge in [-0.15, -0.1) is 0 Å². The lowest BCUT2D eigenvalue weighted by Gasteiger charge is -2.13. The maximum atomic E-state index is 4.70. The van der Waals surface area contributed by atoms with E-state index in [4.69, 9.17) is 4.98 Å². The minimum Gasteiger partial charge on any atom is -0.366 e. The molecule has 0 saturated heterocycles. The Balaban J connectivity index is 1.52. The zero-order chi connectivity index (χ0) is 19.3. The topological polar surface area (TPSA) is 68.5 Å². The van der Waals surface area contributed by atoms with Crippen LogP contribution in [0.4, 0.5) is 5.82 Å².